The lowest BCUT2D eigenvalue weighted by molar-refractivity contribution is 0.0599. The van der Waals surface area contributed by atoms with Gasteiger partial charge in [0.1, 0.15) is 0 Å². The van der Waals surface area contributed by atoms with Gasteiger partial charge in [0.05, 0.1) is 24.1 Å². The Kier molecular flexibility index (Phi) is 3.01. The predicted octanol–water partition coefficient (Wildman–Crippen LogP) is 2.91. The molecule has 0 unspecified atom stereocenters. The zero-order valence-corrected chi connectivity index (χ0v) is 9.88. The molecule has 0 fully saturated rings. The summed E-state index contributed by atoms with van der Waals surface area (Å²) in [5.41, 5.74) is 3.16. The van der Waals surface area contributed by atoms with Gasteiger partial charge in [-0.1, -0.05) is 0 Å². The Morgan fingerprint density at radius 3 is 2.75 bits per heavy atom. The van der Waals surface area contributed by atoms with E-state index in [1.165, 1.54) is 7.11 Å². The van der Waals surface area contributed by atoms with Gasteiger partial charge in [-0.15, -0.1) is 0 Å². The smallest absolute Gasteiger partial charge is 0.339 e. The standard InChI is InChI=1S/C12H11NO2S/c1-8-10(12(14)15-2)3-4-11(13-8)9-5-6-16-7-9/h3-7H,1-2H3. The lowest BCUT2D eigenvalue weighted by Gasteiger charge is -2.04. The fourth-order valence-electron chi connectivity index (χ4n) is 1.46. The SMILES string of the molecule is COC(=O)c1ccc(-c2ccsc2)nc1C. The lowest BCUT2D eigenvalue weighted by atomic mass is 10.1. The van der Waals surface area contributed by atoms with Crippen molar-refractivity contribution in [2.24, 2.45) is 0 Å². The van der Waals surface area contributed by atoms with Crippen LogP contribution < -0.4 is 0 Å². The van der Waals surface area contributed by atoms with Crippen molar-refractivity contribution >= 4 is 17.3 Å². The second-order valence-electron chi connectivity index (χ2n) is 3.33. The highest BCUT2D eigenvalue weighted by Gasteiger charge is 2.11. The summed E-state index contributed by atoms with van der Waals surface area (Å²) in [5.74, 6) is -0.345. The first-order chi connectivity index (χ1) is 7.72. The van der Waals surface area contributed by atoms with Crippen molar-refractivity contribution in [3.05, 3.63) is 40.2 Å². The molecule has 4 heteroatoms. The van der Waals surface area contributed by atoms with Gasteiger partial charge in [0, 0.05) is 10.9 Å². The number of aryl methyl sites for hydroxylation is 1. The van der Waals surface area contributed by atoms with E-state index >= 15 is 0 Å². The number of pyridine rings is 1. The van der Waals surface area contributed by atoms with Gasteiger partial charge in [0.2, 0.25) is 0 Å². The average molecular weight is 233 g/mol. The summed E-state index contributed by atoms with van der Waals surface area (Å²) in [6.07, 6.45) is 0. The number of methoxy groups -OCH3 is 1. The van der Waals surface area contributed by atoms with Crippen molar-refractivity contribution in [2.45, 2.75) is 6.92 Å². The topological polar surface area (TPSA) is 39.2 Å². The molecule has 0 bridgehead atoms. The summed E-state index contributed by atoms with van der Waals surface area (Å²) in [5, 5.41) is 4.03. The summed E-state index contributed by atoms with van der Waals surface area (Å²) in [6.45, 7) is 1.81. The van der Waals surface area contributed by atoms with Crippen LogP contribution in [0.3, 0.4) is 0 Å². The fourth-order valence-corrected chi connectivity index (χ4v) is 2.11. The average Bonchev–Trinajstić information content (AvgIpc) is 2.81. The first kappa shape index (κ1) is 10.8. The van der Waals surface area contributed by atoms with Gasteiger partial charge in [-0.2, -0.15) is 11.3 Å². The Hall–Kier alpha value is -1.68. The van der Waals surface area contributed by atoms with Gasteiger partial charge in [0.25, 0.3) is 0 Å². The molecule has 0 atom stereocenters. The number of carbonyl (C=O) groups excluding carboxylic acids is 1. The van der Waals surface area contributed by atoms with Gasteiger partial charge in [-0.25, -0.2) is 4.79 Å². The lowest BCUT2D eigenvalue weighted by Crippen LogP contribution is -2.05. The van der Waals surface area contributed by atoms with E-state index in [-0.39, 0.29) is 5.97 Å². The van der Waals surface area contributed by atoms with E-state index in [4.69, 9.17) is 0 Å². The van der Waals surface area contributed by atoms with Gasteiger partial charge in [-0.3, -0.25) is 4.98 Å². The molecular weight excluding hydrogens is 222 g/mol. The second-order valence-corrected chi connectivity index (χ2v) is 4.11. The molecule has 0 aliphatic rings. The van der Waals surface area contributed by atoms with E-state index in [1.54, 1.807) is 17.4 Å². The molecule has 0 aliphatic carbocycles. The minimum absolute atomic E-state index is 0.345. The maximum absolute atomic E-state index is 11.4. The molecule has 0 N–H and O–H groups in total. The molecule has 0 aromatic carbocycles. The molecule has 0 radical (unpaired) electrons. The molecule has 0 saturated carbocycles. The Bertz CT molecular complexity index is 506. The first-order valence-electron chi connectivity index (χ1n) is 4.81. The summed E-state index contributed by atoms with van der Waals surface area (Å²) >= 11 is 1.62. The molecule has 2 aromatic rings. The molecule has 0 spiro atoms. The summed E-state index contributed by atoms with van der Waals surface area (Å²) < 4.78 is 4.67. The van der Waals surface area contributed by atoms with Crippen LogP contribution in [0.5, 0.6) is 0 Å². The third-order valence-electron chi connectivity index (χ3n) is 2.31. The third-order valence-corrected chi connectivity index (χ3v) is 2.99. The van der Waals surface area contributed by atoms with Crippen LogP contribution in [-0.2, 0) is 4.74 Å². The van der Waals surface area contributed by atoms with E-state index in [0.29, 0.717) is 11.3 Å². The highest BCUT2D eigenvalue weighted by atomic mass is 32.1. The number of aromatic nitrogens is 1. The Balaban J connectivity index is 2.41. The van der Waals surface area contributed by atoms with Crippen LogP contribution in [0.25, 0.3) is 11.3 Å². The van der Waals surface area contributed by atoms with E-state index in [9.17, 15) is 4.79 Å². The van der Waals surface area contributed by atoms with Crippen LogP contribution in [0.4, 0.5) is 0 Å². The zero-order valence-electron chi connectivity index (χ0n) is 9.06. The minimum atomic E-state index is -0.345. The summed E-state index contributed by atoms with van der Waals surface area (Å²) in [6, 6.07) is 5.59. The monoisotopic (exact) mass is 233 g/mol. The van der Waals surface area contributed by atoms with Gasteiger partial charge in [-0.05, 0) is 30.5 Å². The van der Waals surface area contributed by atoms with Crippen LogP contribution in [0, 0.1) is 6.92 Å². The highest BCUT2D eigenvalue weighted by Crippen LogP contribution is 2.21. The number of esters is 1. The predicted molar refractivity (Wildman–Crippen MR) is 63.6 cm³/mol. The normalized spacial score (nSPS) is 10.1. The Labute approximate surface area is 97.7 Å². The number of hydrogen-bond acceptors (Lipinski definition) is 4. The van der Waals surface area contributed by atoms with Gasteiger partial charge in [0.15, 0.2) is 0 Å². The molecule has 3 nitrogen and oxygen atoms in total. The summed E-state index contributed by atoms with van der Waals surface area (Å²) in [7, 11) is 1.37. The number of ether oxygens (including phenoxy) is 1. The van der Waals surface area contributed by atoms with Crippen molar-refractivity contribution in [3.63, 3.8) is 0 Å². The molecule has 2 heterocycles. The van der Waals surface area contributed by atoms with E-state index < -0.39 is 0 Å². The zero-order chi connectivity index (χ0) is 11.5. The second kappa shape index (κ2) is 4.45. The van der Waals surface area contributed by atoms with Crippen LogP contribution in [0.2, 0.25) is 0 Å². The van der Waals surface area contributed by atoms with Gasteiger partial charge >= 0.3 is 5.97 Å². The van der Waals surface area contributed by atoms with Crippen molar-refractivity contribution in [2.75, 3.05) is 7.11 Å². The van der Waals surface area contributed by atoms with Crippen LogP contribution in [0.15, 0.2) is 29.0 Å². The molecule has 0 amide bonds. The summed E-state index contributed by atoms with van der Waals surface area (Å²) in [4.78, 5) is 15.8. The van der Waals surface area contributed by atoms with Crippen molar-refractivity contribution < 1.29 is 9.53 Å². The molecule has 0 aliphatic heterocycles. The number of rotatable bonds is 2. The first-order valence-corrected chi connectivity index (χ1v) is 5.75. The minimum Gasteiger partial charge on any atom is -0.465 e. The fraction of sp³-hybridized carbons (Fsp3) is 0.167. The largest absolute Gasteiger partial charge is 0.465 e. The highest BCUT2D eigenvalue weighted by molar-refractivity contribution is 7.08. The third kappa shape index (κ3) is 1.97. The van der Waals surface area contributed by atoms with E-state index in [2.05, 4.69) is 9.72 Å². The molecular formula is C12H11NO2S. The number of nitrogens with zero attached hydrogens (tertiary/aromatic N) is 1. The molecule has 0 saturated heterocycles. The molecule has 82 valence electrons. The van der Waals surface area contributed by atoms with Crippen molar-refractivity contribution in [1.29, 1.82) is 0 Å². The van der Waals surface area contributed by atoms with Crippen LogP contribution in [0.1, 0.15) is 16.1 Å². The van der Waals surface area contributed by atoms with Crippen molar-refractivity contribution in [3.8, 4) is 11.3 Å². The quantitative estimate of drug-likeness (QED) is 0.749. The van der Waals surface area contributed by atoms with Gasteiger partial charge < -0.3 is 4.74 Å². The number of carbonyl (C=O) groups is 1. The van der Waals surface area contributed by atoms with E-state index in [0.717, 1.165) is 11.3 Å². The molecule has 2 aromatic heterocycles. The maximum atomic E-state index is 11.4. The molecule has 2 rings (SSSR count). The molecule has 16 heavy (non-hydrogen) atoms. The van der Waals surface area contributed by atoms with E-state index in [1.807, 2.05) is 29.8 Å². The Morgan fingerprint density at radius 2 is 2.19 bits per heavy atom. The van der Waals surface area contributed by atoms with Crippen LogP contribution in [-0.4, -0.2) is 18.1 Å². The number of thiophene rings is 1. The Morgan fingerprint density at radius 1 is 1.38 bits per heavy atom. The van der Waals surface area contributed by atoms with Crippen molar-refractivity contribution in [1.82, 2.24) is 4.98 Å². The van der Waals surface area contributed by atoms with Crippen LogP contribution >= 0.6 is 11.3 Å². The maximum Gasteiger partial charge on any atom is 0.339 e. The number of hydrogen-bond donors (Lipinski definition) is 0.